The van der Waals surface area contributed by atoms with Gasteiger partial charge >= 0.3 is 5.97 Å². The zero-order valence-corrected chi connectivity index (χ0v) is 21.5. The van der Waals surface area contributed by atoms with Gasteiger partial charge in [0.25, 0.3) is 0 Å². The molecule has 0 saturated heterocycles. The summed E-state index contributed by atoms with van der Waals surface area (Å²) in [5, 5.41) is 3.38. The molecule has 190 valence electrons. The highest BCUT2D eigenvalue weighted by atomic mass is 16.5. The molecule has 0 unspecified atom stereocenters. The van der Waals surface area contributed by atoms with E-state index in [1.54, 1.807) is 27.4 Å². The Morgan fingerprint density at radius 2 is 1.64 bits per heavy atom. The molecule has 1 aliphatic heterocycles. The average Bonchev–Trinajstić information content (AvgIpc) is 2.90. The third-order valence-corrected chi connectivity index (χ3v) is 6.81. The Bertz CT molecular complexity index is 1230. The van der Waals surface area contributed by atoms with E-state index in [2.05, 4.69) is 5.32 Å². The number of rotatable bonds is 8. The molecule has 1 N–H and O–H groups in total. The number of Topliss-reactive ketones (excluding diaryl/α,β-unsaturated/α-hetero) is 1. The van der Waals surface area contributed by atoms with E-state index in [4.69, 9.17) is 18.9 Å². The summed E-state index contributed by atoms with van der Waals surface area (Å²) in [6.45, 7) is 4.09. The summed E-state index contributed by atoms with van der Waals surface area (Å²) in [5.74, 6) is 0.635. The van der Waals surface area contributed by atoms with Gasteiger partial charge in [0.15, 0.2) is 17.3 Å². The molecule has 0 aromatic heterocycles. The number of carbonyl (C=O) groups is 2. The van der Waals surface area contributed by atoms with Gasteiger partial charge in [-0.1, -0.05) is 37.3 Å². The second-order valence-electron chi connectivity index (χ2n) is 8.98. The Kier molecular flexibility index (Phi) is 7.67. The molecular weight excluding hydrogens is 458 g/mol. The number of dihydropyridines is 1. The summed E-state index contributed by atoms with van der Waals surface area (Å²) in [6, 6.07) is 13.3. The lowest BCUT2D eigenvalue weighted by atomic mass is 9.71. The Balaban J connectivity index is 1.86. The van der Waals surface area contributed by atoms with E-state index in [0.29, 0.717) is 59.8 Å². The van der Waals surface area contributed by atoms with Gasteiger partial charge in [-0.05, 0) is 37.5 Å². The summed E-state index contributed by atoms with van der Waals surface area (Å²) in [4.78, 5) is 27.2. The van der Waals surface area contributed by atoms with Crippen LogP contribution in [-0.4, -0.2) is 39.7 Å². The molecule has 0 fully saturated rings. The first-order chi connectivity index (χ1) is 17.4. The number of carbonyl (C=O) groups excluding carboxylic acids is 2. The smallest absolute Gasteiger partial charge is 0.336 e. The van der Waals surface area contributed by atoms with E-state index in [1.807, 2.05) is 50.2 Å². The maximum Gasteiger partial charge on any atom is 0.336 e. The molecule has 1 heterocycles. The second-order valence-corrected chi connectivity index (χ2v) is 8.98. The Hall–Kier alpha value is -3.74. The minimum absolute atomic E-state index is 0.0252. The molecule has 2 atom stereocenters. The Labute approximate surface area is 212 Å². The molecule has 7 nitrogen and oxygen atoms in total. The quantitative estimate of drug-likeness (QED) is 0.519. The molecule has 7 heteroatoms. The highest BCUT2D eigenvalue weighted by Gasteiger charge is 2.43. The number of allylic oxidation sites excluding steroid dienone is 3. The fourth-order valence-corrected chi connectivity index (χ4v) is 5.26. The van der Waals surface area contributed by atoms with Crippen molar-refractivity contribution in [1.29, 1.82) is 0 Å². The third kappa shape index (κ3) is 4.57. The largest absolute Gasteiger partial charge is 0.496 e. The van der Waals surface area contributed by atoms with Crippen LogP contribution in [0.4, 0.5) is 0 Å². The number of esters is 1. The van der Waals surface area contributed by atoms with Gasteiger partial charge in [-0.25, -0.2) is 4.79 Å². The highest BCUT2D eigenvalue weighted by molar-refractivity contribution is 6.04. The molecule has 0 spiro atoms. The molecule has 4 rings (SSSR count). The predicted molar refractivity (Wildman–Crippen MR) is 136 cm³/mol. The average molecular weight is 492 g/mol. The molecule has 0 saturated carbocycles. The number of ketones is 1. The molecular formula is C29H33NO6. The van der Waals surface area contributed by atoms with Gasteiger partial charge in [-0.15, -0.1) is 0 Å². The van der Waals surface area contributed by atoms with Crippen molar-refractivity contribution in [3.63, 3.8) is 0 Å². The first kappa shape index (κ1) is 25.4. The van der Waals surface area contributed by atoms with Crippen LogP contribution in [0.15, 0.2) is 65.0 Å². The van der Waals surface area contributed by atoms with Crippen LogP contribution in [0, 0.1) is 0 Å². The zero-order chi connectivity index (χ0) is 25.8. The van der Waals surface area contributed by atoms with Crippen LogP contribution in [0.2, 0.25) is 0 Å². The second kappa shape index (κ2) is 10.9. The van der Waals surface area contributed by atoms with Crippen LogP contribution < -0.4 is 19.5 Å². The van der Waals surface area contributed by atoms with E-state index in [-0.39, 0.29) is 11.7 Å². The van der Waals surface area contributed by atoms with Gasteiger partial charge in [0.05, 0.1) is 39.4 Å². The van der Waals surface area contributed by atoms with E-state index in [0.717, 1.165) is 17.0 Å². The van der Waals surface area contributed by atoms with Gasteiger partial charge in [0, 0.05) is 34.9 Å². The molecule has 0 amide bonds. The number of nitrogens with one attached hydrogen (secondary N) is 1. The Morgan fingerprint density at radius 3 is 2.33 bits per heavy atom. The van der Waals surface area contributed by atoms with Gasteiger partial charge in [-0.3, -0.25) is 4.79 Å². The lowest BCUT2D eigenvalue weighted by molar-refractivity contribution is -0.139. The fraction of sp³-hybridized carbons (Fsp3) is 0.379. The number of hydrogen-bond acceptors (Lipinski definition) is 7. The van der Waals surface area contributed by atoms with Gasteiger partial charge < -0.3 is 24.3 Å². The minimum atomic E-state index is -0.637. The SMILES string of the molecule is CCCOC(=O)C1=C(C)NC2=C(C(=O)C[C@H](c3ccccc3OC)C2)[C@H]1c1cccc(OC)c1OC. The number of ether oxygens (including phenoxy) is 4. The van der Waals surface area contributed by atoms with Crippen molar-refractivity contribution in [2.45, 2.75) is 44.9 Å². The lowest BCUT2D eigenvalue weighted by Gasteiger charge is -2.37. The van der Waals surface area contributed by atoms with Crippen LogP contribution in [0.25, 0.3) is 0 Å². The molecule has 2 aromatic carbocycles. The first-order valence-corrected chi connectivity index (χ1v) is 12.2. The van der Waals surface area contributed by atoms with Crippen molar-refractivity contribution in [3.8, 4) is 17.2 Å². The summed E-state index contributed by atoms with van der Waals surface area (Å²) in [7, 11) is 4.76. The Morgan fingerprint density at radius 1 is 0.944 bits per heavy atom. The fourth-order valence-electron chi connectivity index (χ4n) is 5.26. The zero-order valence-electron chi connectivity index (χ0n) is 21.5. The van der Waals surface area contributed by atoms with E-state index >= 15 is 0 Å². The summed E-state index contributed by atoms with van der Waals surface area (Å²) in [5.41, 5.74) is 4.14. The normalized spacial score (nSPS) is 19.4. The van der Waals surface area contributed by atoms with Crippen LogP contribution in [-0.2, 0) is 14.3 Å². The minimum Gasteiger partial charge on any atom is -0.496 e. The molecule has 2 aliphatic rings. The third-order valence-electron chi connectivity index (χ3n) is 6.81. The first-order valence-electron chi connectivity index (χ1n) is 12.2. The van der Waals surface area contributed by atoms with E-state index in [9.17, 15) is 9.59 Å². The maximum atomic E-state index is 13.9. The monoisotopic (exact) mass is 491 g/mol. The van der Waals surface area contributed by atoms with Crippen molar-refractivity contribution in [3.05, 3.63) is 76.1 Å². The van der Waals surface area contributed by atoms with Gasteiger partial charge in [0.2, 0.25) is 0 Å². The summed E-state index contributed by atoms with van der Waals surface area (Å²) in [6.07, 6.45) is 1.62. The van der Waals surface area contributed by atoms with Crippen molar-refractivity contribution >= 4 is 11.8 Å². The number of methoxy groups -OCH3 is 3. The van der Waals surface area contributed by atoms with Crippen molar-refractivity contribution < 1.29 is 28.5 Å². The molecule has 0 radical (unpaired) electrons. The number of hydrogen-bond donors (Lipinski definition) is 1. The standard InChI is InChI=1S/C29H33NO6/c1-6-14-36-29(32)25-17(2)30-21-15-18(19-10-7-8-12-23(19)33-3)16-22(31)27(21)26(25)20-11-9-13-24(34-4)28(20)35-5/h7-13,18,26,30H,6,14-16H2,1-5H3/t18-,26+/m1/s1. The molecule has 1 aliphatic carbocycles. The van der Waals surface area contributed by atoms with Gasteiger partial charge in [-0.2, -0.15) is 0 Å². The highest BCUT2D eigenvalue weighted by Crippen LogP contribution is 2.50. The van der Waals surface area contributed by atoms with Crippen LogP contribution in [0.5, 0.6) is 17.2 Å². The lowest BCUT2D eigenvalue weighted by Crippen LogP contribution is -2.36. The molecule has 36 heavy (non-hydrogen) atoms. The predicted octanol–water partition coefficient (Wildman–Crippen LogP) is 5.03. The van der Waals surface area contributed by atoms with Crippen molar-refractivity contribution in [2.24, 2.45) is 0 Å². The van der Waals surface area contributed by atoms with Crippen LogP contribution in [0.1, 0.15) is 56.1 Å². The molecule has 2 aromatic rings. The van der Waals surface area contributed by atoms with Gasteiger partial charge in [0.1, 0.15) is 5.75 Å². The number of para-hydroxylation sites is 2. The maximum absolute atomic E-state index is 13.9. The van der Waals surface area contributed by atoms with Crippen molar-refractivity contribution in [2.75, 3.05) is 27.9 Å². The van der Waals surface area contributed by atoms with E-state index < -0.39 is 11.9 Å². The van der Waals surface area contributed by atoms with Crippen molar-refractivity contribution in [1.82, 2.24) is 5.32 Å². The number of benzene rings is 2. The van der Waals surface area contributed by atoms with Crippen LogP contribution in [0.3, 0.4) is 0 Å². The summed E-state index contributed by atoms with van der Waals surface area (Å²) >= 11 is 0. The van der Waals surface area contributed by atoms with E-state index in [1.165, 1.54) is 0 Å². The van der Waals surface area contributed by atoms with Crippen LogP contribution >= 0.6 is 0 Å². The topological polar surface area (TPSA) is 83.1 Å². The molecule has 0 bridgehead atoms. The summed E-state index contributed by atoms with van der Waals surface area (Å²) < 4.78 is 22.4.